The zero-order valence-electron chi connectivity index (χ0n) is 16.7. The second-order valence-electron chi connectivity index (χ2n) is 6.98. The van der Waals surface area contributed by atoms with Crippen LogP contribution >= 0.6 is 0 Å². The Kier molecular flexibility index (Phi) is 5.14. The van der Waals surface area contributed by atoms with Crippen LogP contribution in [0.25, 0.3) is 5.76 Å². The number of carbonyl (C=O) groups excluding carboxylic acids is 2. The molecule has 6 nitrogen and oxygen atoms in total. The molecular formula is C24H21NO5. The van der Waals surface area contributed by atoms with E-state index in [2.05, 4.69) is 0 Å². The molecule has 1 aliphatic heterocycles. The van der Waals surface area contributed by atoms with Crippen molar-refractivity contribution in [3.8, 4) is 5.75 Å². The molecule has 0 saturated carbocycles. The molecule has 4 rings (SSSR count). The van der Waals surface area contributed by atoms with Gasteiger partial charge in [0.2, 0.25) is 0 Å². The zero-order valence-corrected chi connectivity index (χ0v) is 16.7. The largest absolute Gasteiger partial charge is 0.507 e. The van der Waals surface area contributed by atoms with E-state index in [1.165, 1.54) is 11.2 Å². The number of Topliss-reactive ketones (excluding diaryl/α,β-unsaturated/α-hetero) is 1. The lowest BCUT2D eigenvalue weighted by Crippen LogP contribution is -2.29. The van der Waals surface area contributed by atoms with Crippen LogP contribution < -0.4 is 9.64 Å². The Morgan fingerprint density at radius 3 is 2.37 bits per heavy atom. The summed E-state index contributed by atoms with van der Waals surface area (Å²) in [6.07, 6.45) is 1.47. The van der Waals surface area contributed by atoms with Gasteiger partial charge in [0.15, 0.2) is 0 Å². The summed E-state index contributed by atoms with van der Waals surface area (Å²) >= 11 is 0. The summed E-state index contributed by atoms with van der Waals surface area (Å²) in [5.41, 5.74) is 1.98. The van der Waals surface area contributed by atoms with Gasteiger partial charge in [-0.3, -0.25) is 14.5 Å². The van der Waals surface area contributed by atoms with Crippen LogP contribution in [0.4, 0.5) is 5.69 Å². The number of rotatable bonds is 5. The van der Waals surface area contributed by atoms with Crippen molar-refractivity contribution in [1.82, 2.24) is 0 Å². The van der Waals surface area contributed by atoms with E-state index >= 15 is 0 Å². The molecule has 1 saturated heterocycles. The van der Waals surface area contributed by atoms with Crippen molar-refractivity contribution in [1.29, 1.82) is 0 Å². The fourth-order valence-corrected chi connectivity index (χ4v) is 3.55. The molecule has 0 aliphatic carbocycles. The molecule has 30 heavy (non-hydrogen) atoms. The van der Waals surface area contributed by atoms with Crippen LogP contribution in [-0.4, -0.2) is 23.4 Å². The normalized spacial score (nSPS) is 18.1. The third kappa shape index (κ3) is 3.37. The number of carbonyl (C=O) groups is 2. The molecule has 1 N–H and O–H groups in total. The summed E-state index contributed by atoms with van der Waals surface area (Å²) in [6, 6.07) is 16.5. The molecule has 6 heteroatoms. The smallest absolute Gasteiger partial charge is 0.300 e. The van der Waals surface area contributed by atoms with E-state index in [1.54, 1.807) is 48.5 Å². The Bertz CT molecular complexity index is 1100. The van der Waals surface area contributed by atoms with E-state index in [9.17, 15) is 14.7 Å². The lowest BCUT2D eigenvalue weighted by Gasteiger charge is -2.23. The van der Waals surface area contributed by atoms with Crippen LogP contribution in [-0.2, 0) is 9.59 Å². The van der Waals surface area contributed by atoms with Gasteiger partial charge in [-0.2, -0.15) is 0 Å². The maximum Gasteiger partial charge on any atom is 0.300 e. The molecule has 1 aromatic heterocycles. The van der Waals surface area contributed by atoms with Crippen molar-refractivity contribution in [2.24, 2.45) is 0 Å². The van der Waals surface area contributed by atoms with E-state index in [1.807, 2.05) is 26.0 Å². The molecular weight excluding hydrogens is 382 g/mol. The summed E-state index contributed by atoms with van der Waals surface area (Å²) in [5.74, 6) is -0.676. The van der Waals surface area contributed by atoms with Crippen molar-refractivity contribution in [2.75, 3.05) is 11.5 Å². The average molecular weight is 403 g/mol. The second kappa shape index (κ2) is 7.91. The topological polar surface area (TPSA) is 80.0 Å². The Morgan fingerprint density at radius 2 is 1.77 bits per heavy atom. The van der Waals surface area contributed by atoms with Gasteiger partial charge in [-0.25, -0.2) is 0 Å². The van der Waals surface area contributed by atoms with Crippen LogP contribution in [0.1, 0.15) is 29.9 Å². The fraction of sp³-hybridized carbons (Fsp3) is 0.167. The number of amides is 1. The maximum atomic E-state index is 13.0. The highest BCUT2D eigenvalue weighted by atomic mass is 16.5. The van der Waals surface area contributed by atoms with Gasteiger partial charge in [-0.05, 0) is 50.2 Å². The molecule has 2 heterocycles. The molecule has 0 radical (unpaired) electrons. The number of hydrogen-bond donors (Lipinski definition) is 1. The number of furan rings is 1. The number of anilines is 1. The highest BCUT2D eigenvalue weighted by Crippen LogP contribution is 2.42. The molecule has 3 aromatic rings. The van der Waals surface area contributed by atoms with Crippen molar-refractivity contribution in [2.45, 2.75) is 19.9 Å². The molecule has 0 bridgehead atoms. The van der Waals surface area contributed by atoms with Gasteiger partial charge in [0.25, 0.3) is 11.7 Å². The van der Waals surface area contributed by atoms with E-state index < -0.39 is 17.7 Å². The van der Waals surface area contributed by atoms with Crippen LogP contribution in [0, 0.1) is 6.92 Å². The molecule has 1 atom stereocenters. The first-order valence-corrected chi connectivity index (χ1v) is 9.65. The minimum atomic E-state index is -0.876. The molecule has 2 aromatic carbocycles. The number of ether oxygens (including phenoxy) is 1. The number of benzene rings is 2. The Hall–Kier alpha value is -3.80. The first-order valence-electron chi connectivity index (χ1n) is 9.65. The lowest BCUT2D eigenvalue weighted by molar-refractivity contribution is -0.132. The molecule has 1 aliphatic rings. The minimum absolute atomic E-state index is 0.00677. The van der Waals surface area contributed by atoms with Crippen molar-refractivity contribution in [3.05, 3.63) is 89.4 Å². The molecule has 1 fully saturated rings. The van der Waals surface area contributed by atoms with Crippen LogP contribution in [0.3, 0.4) is 0 Å². The quantitative estimate of drug-likeness (QED) is 0.382. The van der Waals surface area contributed by atoms with E-state index in [0.717, 1.165) is 5.56 Å². The van der Waals surface area contributed by atoms with Crippen LogP contribution in [0.2, 0.25) is 0 Å². The minimum Gasteiger partial charge on any atom is -0.507 e. The first kappa shape index (κ1) is 19.5. The van der Waals surface area contributed by atoms with E-state index in [4.69, 9.17) is 9.15 Å². The summed E-state index contributed by atoms with van der Waals surface area (Å²) in [7, 11) is 0. The third-order valence-corrected chi connectivity index (χ3v) is 5.01. The van der Waals surface area contributed by atoms with Crippen molar-refractivity contribution < 1.29 is 23.8 Å². The number of aryl methyl sites for hydroxylation is 1. The number of ketones is 1. The van der Waals surface area contributed by atoms with Gasteiger partial charge in [0.1, 0.15) is 23.3 Å². The van der Waals surface area contributed by atoms with Gasteiger partial charge in [0.05, 0.1) is 18.4 Å². The standard InChI is InChI=1S/C24H21NO5/c1-3-29-18-12-10-17(11-13-18)25-21(19-5-4-14-30-19)20(23(27)24(25)28)22(26)16-8-6-15(2)7-9-16/h4-14,21,26H,3H2,1-2H3/b22-20-. The van der Waals surface area contributed by atoms with E-state index in [0.29, 0.717) is 29.4 Å². The maximum absolute atomic E-state index is 13.0. The Balaban J connectivity index is 1.85. The third-order valence-electron chi connectivity index (χ3n) is 5.01. The highest BCUT2D eigenvalue weighted by molar-refractivity contribution is 6.51. The monoisotopic (exact) mass is 403 g/mol. The number of hydrogen-bond acceptors (Lipinski definition) is 5. The molecule has 1 amide bonds. The molecule has 0 spiro atoms. The summed E-state index contributed by atoms with van der Waals surface area (Å²) in [6.45, 7) is 4.33. The number of aliphatic hydroxyl groups is 1. The Morgan fingerprint density at radius 1 is 1.07 bits per heavy atom. The van der Waals surface area contributed by atoms with Crippen LogP contribution in [0.15, 0.2) is 76.9 Å². The van der Waals surface area contributed by atoms with Crippen LogP contribution in [0.5, 0.6) is 5.75 Å². The van der Waals surface area contributed by atoms with Crippen molar-refractivity contribution >= 4 is 23.1 Å². The number of nitrogens with zero attached hydrogens (tertiary/aromatic N) is 1. The summed E-state index contributed by atoms with van der Waals surface area (Å²) in [5, 5.41) is 11.0. The predicted molar refractivity (Wildman–Crippen MR) is 112 cm³/mol. The van der Waals surface area contributed by atoms with Gasteiger partial charge in [-0.1, -0.05) is 29.8 Å². The van der Waals surface area contributed by atoms with Gasteiger partial charge in [-0.15, -0.1) is 0 Å². The predicted octanol–water partition coefficient (Wildman–Crippen LogP) is 4.61. The van der Waals surface area contributed by atoms with E-state index in [-0.39, 0.29) is 11.3 Å². The zero-order chi connectivity index (χ0) is 21.3. The SMILES string of the molecule is CCOc1ccc(N2C(=O)C(=O)/C(=C(\O)c3ccc(C)cc3)C2c2ccco2)cc1. The summed E-state index contributed by atoms with van der Waals surface area (Å²) < 4.78 is 11.0. The van der Waals surface area contributed by atoms with Gasteiger partial charge in [0, 0.05) is 11.3 Å². The summed E-state index contributed by atoms with van der Waals surface area (Å²) in [4.78, 5) is 27.3. The first-order chi connectivity index (χ1) is 14.5. The van der Waals surface area contributed by atoms with Gasteiger partial charge < -0.3 is 14.3 Å². The molecule has 152 valence electrons. The average Bonchev–Trinajstić information content (AvgIpc) is 3.36. The number of aliphatic hydroxyl groups excluding tert-OH is 1. The van der Waals surface area contributed by atoms with Crippen molar-refractivity contribution in [3.63, 3.8) is 0 Å². The molecule has 1 unspecified atom stereocenters. The Labute approximate surface area is 174 Å². The second-order valence-corrected chi connectivity index (χ2v) is 6.98. The highest BCUT2D eigenvalue weighted by Gasteiger charge is 2.48. The van der Waals surface area contributed by atoms with Gasteiger partial charge >= 0.3 is 0 Å². The lowest BCUT2D eigenvalue weighted by atomic mass is 9.98. The fourth-order valence-electron chi connectivity index (χ4n) is 3.55.